The lowest BCUT2D eigenvalue weighted by atomic mass is 9.99. The van der Waals surface area contributed by atoms with Crippen LogP contribution in [0.25, 0.3) is 11.4 Å². The molecule has 1 saturated carbocycles. The fourth-order valence-corrected chi connectivity index (χ4v) is 4.62. The summed E-state index contributed by atoms with van der Waals surface area (Å²) in [5, 5.41) is 9.87. The molecule has 2 fully saturated rings. The van der Waals surface area contributed by atoms with Crippen molar-refractivity contribution >= 4 is 22.9 Å². The van der Waals surface area contributed by atoms with Gasteiger partial charge in [-0.15, -0.1) is 11.3 Å². The molecule has 0 radical (unpaired) electrons. The molecule has 1 saturated heterocycles. The molecule has 31 heavy (non-hydrogen) atoms. The lowest BCUT2D eigenvalue weighted by molar-refractivity contribution is -0.123. The van der Waals surface area contributed by atoms with E-state index in [1.54, 1.807) is 23.5 Å². The Labute approximate surface area is 183 Å². The van der Waals surface area contributed by atoms with Gasteiger partial charge < -0.3 is 14.7 Å². The van der Waals surface area contributed by atoms with Crippen LogP contribution < -0.4 is 10.2 Å². The van der Waals surface area contributed by atoms with E-state index in [1.165, 1.54) is 6.07 Å². The summed E-state index contributed by atoms with van der Waals surface area (Å²) in [7, 11) is 0. The van der Waals surface area contributed by atoms with Crippen molar-refractivity contribution in [3.63, 3.8) is 0 Å². The molecule has 2 aromatic heterocycles. The van der Waals surface area contributed by atoms with E-state index in [9.17, 15) is 4.79 Å². The summed E-state index contributed by atoms with van der Waals surface area (Å²) in [5.41, 5.74) is 1.85. The Bertz CT molecular complexity index is 1090. The van der Waals surface area contributed by atoms with Crippen LogP contribution in [0, 0.1) is 12.7 Å². The Morgan fingerprint density at radius 3 is 2.90 bits per heavy atom. The third-order valence-electron chi connectivity index (χ3n) is 5.80. The van der Waals surface area contributed by atoms with Crippen LogP contribution in [0.1, 0.15) is 54.6 Å². The lowest BCUT2D eigenvalue weighted by Crippen LogP contribution is -2.49. The molecule has 0 spiro atoms. The summed E-state index contributed by atoms with van der Waals surface area (Å²) in [6.07, 6.45) is 4.69. The molecule has 3 heterocycles. The number of hydrogen-bond donors (Lipinski definition) is 1. The van der Waals surface area contributed by atoms with Crippen molar-refractivity contribution in [2.75, 3.05) is 11.4 Å². The normalized spacial score (nSPS) is 18.9. The van der Waals surface area contributed by atoms with Crippen LogP contribution in [0.2, 0.25) is 0 Å². The zero-order chi connectivity index (χ0) is 21.4. The molecule has 1 aliphatic carbocycles. The number of anilines is 1. The Balaban J connectivity index is 1.32. The van der Waals surface area contributed by atoms with Crippen molar-refractivity contribution in [1.82, 2.24) is 20.4 Å². The van der Waals surface area contributed by atoms with E-state index in [-0.39, 0.29) is 11.7 Å². The second-order valence-corrected chi connectivity index (χ2v) is 9.24. The summed E-state index contributed by atoms with van der Waals surface area (Å²) in [6, 6.07) is 4.54. The first kappa shape index (κ1) is 20.1. The first-order chi connectivity index (χ1) is 15.1. The van der Waals surface area contributed by atoms with Crippen molar-refractivity contribution in [3.05, 3.63) is 46.0 Å². The minimum Gasteiger partial charge on any atom is -0.357 e. The van der Waals surface area contributed by atoms with Crippen LogP contribution in [-0.2, 0) is 11.3 Å². The molecule has 9 heteroatoms. The van der Waals surface area contributed by atoms with E-state index >= 15 is 4.39 Å². The van der Waals surface area contributed by atoms with E-state index in [4.69, 9.17) is 4.52 Å². The van der Waals surface area contributed by atoms with Crippen LogP contribution in [-0.4, -0.2) is 33.6 Å². The topological polar surface area (TPSA) is 84.2 Å². The highest BCUT2D eigenvalue weighted by molar-refractivity contribution is 7.09. The SMILES string of the molecule is Cc1nc(CNC(=O)C2CCCCN2c2ccc(-c3noc(C4CC4)n3)cc2F)cs1. The van der Waals surface area contributed by atoms with Gasteiger partial charge in [0.15, 0.2) is 0 Å². The third-order valence-corrected chi connectivity index (χ3v) is 6.62. The highest BCUT2D eigenvalue weighted by atomic mass is 32.1. The standard InChI is InChI=1S/C22H24FN5O2S/c1-13-25-16(12-31-13)11-24-21(29)19-4-2-3-9-28(19)18-8-7-15(10-17(18)23)20-26-22(30-27-20)14-5-6-14/h7-8,10,12,14,19H,2-6,9,11H2,1H3,(H,24,29). The van der Waals surface area contributed by atoms with Gasteiger partial charge in [-0.2, -0.15) is 4.98 Å². The van der Waals surface area contributed by atoms with Crippen LogP contribution in [0.4, 0.5) is 10.1 Å². The maximum absolute atomic E-state index is 15.1. The van der Waals surface area contributed by atoms with Gasteiger partial charge in [0.05, 0.1) is 22.9 Å². The van der Waals surface area contributed by atoms with Crippen molar-refractivity contribution in [1.29, 1.82) is 0 Å². The molecule has 1 aliphatic heterocycles. The van der Waals surface area contributed by atoms with Crippen LogP contribution in [0.3, 0.4) is 0 Å². The number of hydrogen-bond acceptors (Lipinski definition) is 7. The van der Waals surface area contributed by atoms with Gasteiger partial charge in [-0.3, -0.25) is 4.79 Å². The average Bonchev–Trinajstić information content (AvgIpc) is 3.35. The number of benzene rings is 1. The molecule has 3 aromatic rings. The molecule has 1 unspecified atom stereocenters. The average molecular weight is 442 g/mol. The number of rotatable bonds is 6. The minimum absolute atomic E-state index is 0.0962. The number of carbonyl (C=O) groups is 1. The molecule has 1 atom stereocenters. The second kappa shape index (κ2) is 8.37. The molecule has 7 nitrogen and oxygen atoms in total. The number of aryl methyl sites for hydroxylation is 1. The lowest BCUT2D eigenvalue weighted by Gasteiger charge is -2.36. The van der Waals surface area contributed by atoms with Gasteiger partial charge in [0.25, 0.3) is 0 Å². The summed E-state index contributed by atoms with van der Waals surface area (Å²) in [4.78, 5) is 23.6. The predicted molar refractivity (Wildman–Crippen MR) is 115 cm³/mol. The van der Waals surface area contributed by atoms with Crippen LogP contribution >= 0.6 is 11.3 Å². The number of carbonyl (C=O) groups excluding carboxylic acids is 1. The maximum Gasteiger partial charge on any atom is 0.243 e. The number of aromatic nitrogens is 3. The Hall–Kier alpha value is -2.81. The monoisotopic (exact) mass is 441 g/mol. The van der Waals surface area contributed by atoms with Gasteiger partial charge in [-0.05, 0) is 57.2 Å². The molecule has 0 bridgehead atoms. The number of amides is 1. The third kappa shape index (κ3) is 4.32. The molecular weight excluding hydrogens is 417 g/mol. The van der Waals surface area contributed by atoms with Crippen molar-refractivity contribution in [3.8, 4) is 11.4 Å². The summed E-state index contributed by atoms with van der Waals surface area (Å²) in [6.45, 7) is 2.96. The molecule has 1 amide bonds. The van der Waals surface area contributed by atoms with Crippen molar-refractivity contribution < 1.29 is 13.7 Å². The van der Waals surface area contributed by atoms with E-state index in [0.29, 0.717) is 48.4 Å². The van der Waals surface area contributed by atoms with Gasteiger partial charge in [0.2, 0.25) is 17.6 Å². The molecule has 2 aliphatic rings. The van der Waals surface area contributed by atoms with Crippen molar-refractivity contribution in [2.45, 2.75) is 57.5 Å². The van der Waals surface area contributed by atoms with Gasteiger partial charge >= 0.3 is 0 Å². The largest absolute Gasteiger partial charge is 0.357 e. The Morgan fingerprint density at radius 1 is 1.29 bits per heavy atom. The Kier molecular flexibility index (Phi) is 5.43. The van der Waals surface area contributed by atoms with Crippen LogP contribution in [0.15, 0.2) is 28.1 Å². The fraction of sp³-hybridized carbons (Fsp3) is 0.455. The number of piperidine rings is 1. The number of nitrogens with one attached hydrogen (secondary N) is 1. The quantitative estimate of drug-likeness (QED) is 0.617. The van der Waals surface area contributed by atoms with E-state index in [1.807, 2.05) is 17.2 Å². The maximum atomic E-state index is 15.1. The minimum atomic E-state index is -0.402. The number of halogens is 1. The highest BCUT2D eigenvalue weighted by Gasteiger charge is 2.32. The van der Waals surface area contributed by atoms with Crippen molar-refractivity contribution in [2.24, 2.45) is 0 Å². The zero-order valence-corrected chi connectivity index (χ0v) is 18.1. The molecule has 5 rings (SSSR count). The van der Waals surface area contributed by atoms with Gasteiger partial charge in [0, 0.05) is 23.4 Å². The molecular formula is C22H24FN5O2S. The van der Waals surface area contributed by atoms with Crippen LogP contribution in [0.5, 0.6) is 0 Å². The van der Waals surface area contributed by atoms with Gasteiger partial charge in [-0.25, -0.2) is 9.37 Å². The van der Waals surface area contributed by atoms with E-state index in [2.05, 4.69) is 20.4 Å². The van der Waals surface area contributed by atoms with Gasteiger partial charge in [0.1, 0.15) is 11.9 Å². The van der Waals surface area contributed by atoms with E-state index in [0.717, 1.165) is 36.4 Å². The Morgan fingerprint density at radius 2 is 2.16 bits per heavy atom. The number of nitrogens with zero attached hydrogens (tertiary/aromatic N) is 4. The summed E-state index contributed by atoms with van der Waals surface area (Å²) < 4.78 is 20.4. The highest BCUT2D eigenvalue weighted by Crippen LogP contribution is 2.39. The first-order valence-electron chi connectivity index (χ1n) is 10.7. The number of thiazole rings is 1. The first-order valence-corrected chi connectivity index (χ1v) is 11.6. The second-order valence-electron chi connectivity index (χ2n) is 8.18. The zero-order valence-electron chi connectivity index (χ0n) is 17.3. The fourth-order valence-electron chi connectivity index (χ4n) is 4.00. The molecule has 162 valence electrons. The smallest absolute Gasteiger partial charge is 0.243 e. The van der Waals surface area contributed by atoms with Gasteiger partial charge in [-0.1, -0.05) is 5.16 Å². The predicted octanol–water partition coefficient (Wildman–Crippen LogP) is 4.19. The van der Waals surface area contributed by atoms with E-state index < -0.39 is 6.04 Å². The molecule has 1 aromatic carbocycles. The molecule has 1 N–H and O–H groups in total. The summed E-state index contributed by atoms with van der Waals surface area (Å²) in [5.74, 6) is 0.902. The summed E-state index contributed by atoms with van der Waals surface area (Å²) >= 11 is 1.56.